The Balaban J connectivity index is 2.05. The van der Waals surface area contributed by atoms with E-state index in [9.17, 15) is 13.2 Å². The normalized spacial score (nSPS) is 20.1. The van der Waals surface area contributed by atoms with Gasteiger partial charge >= 0.3 is 0 Å². The number of hydrogen-bond donors (Lipinski definition) is 2. The van der Waals surface area contributed by atoms with Gasteiger partial charge in [0, 0.05) is 25.7 Å². The van der Waals surface area contributed by atoms with Crippen molar-refractivity contribution in [1.82, 2.24) is 14.9 Å². The quantitative estimate of drug-likeness (QED) is 0.826. The number of benzene rings is 1. The van der Waals surface area contributed by atoms with E-state index in [1.165, 1.54) is 18.4 Å². The van der Waals surface area contributed by atoms with Crippen molar-refractivity contribution in [2.45, 2.75) is 23.9 Å². The van der Waals surface area contributed by atoms with E-state index in [4.69, 9.17) is 0 Å². The summed E-state index contributed by atoms with van der Waals surface area (Å²) in [5.41, 5.74) is 0.872. The maximum absolute atomic E-state index is 12.1. The number of nitrogens with zero attached hydrogens (tertiary/aromatic N) is 1. The summed E-state index contributed by atoms with van der Waals surface area (Å²) in [5, 5.41) is 6.07. The number of rotatable bonds is 5. The molecular weight excluding hydrogens is 322 g/mol. The molecule has 22 heavy (non-hydrogen) atoms. The van der Waals surface area contributed by atoms with Crippen LogP contribution < -0.4 is 10.6 Å². The summed E-state index contributed by atoms with van der Waals surface area (Å²) >= 11 is 1.70. The van der Waals surface area contributed by atoms with Crippen LogP contribution in [-0.2, 0) is 14.8 Å². The molecule has 2 atom stereocenters. The summed E-state index contributed by atoms with van der Waals surface area (Å²) in [5.74, 6) is 1.55. The van der Waals surface area contributed by atoms with Gasteiger partial charge in [0.05, 0.1) is 17.0 Å². The number of thioether (sulfide) groups is 1. The van der Waals surface area contributed by atoms with Gasteiger partial charge in [-0.3, -0.25) is 10.1 Å². The van der Waals surface area contributed by atoms with Crippen molar-refractivity contribution in [1.29, 1.82) is 0 Å². The molecule has 1 amide bonds. The average molecular weight is 343 g/mol. The van der Waals surface area contributed by atoms with Gasteiger partial charge in [-0.05, 0) is 24.6 Å². The summed E-state index contributed by atoms with van der Waals surface area (Å²) < 4.78 is 25.2. The molecule has 0 bridgehead atoms. The molecule has 8 heteroatoms. The Kier molecular flexibility index (Phi) is 5.49. The van der Waals surface area contributed by atoms with Gasteiger partial charge in [-0.15, -0.1) is 11.8 Å². The highest BCUT2D eigenvalue weighted by Crippen LogP contribution is 2.19. The van der Waals surface area contributed by atoms with Crippen molar-refractivity contribution in [3.05, 3.63) is 29.8 Å². The Labute approximate surface area is 135 Å². The summed E-state index contributed by atoms with van der Waals surface area (Å²) in [7, 11) is -0.425. The van der Waals surface area contributed by atoms with E-state index < -0.39 is 10.0 Å². The van der Waals surface area contributed by atoms with Crippen molar-refractivity contribution in [2.24, 2.45) is 0 Å². The summed E-state index contributed by atoms with van der Waals surface area (Å²) in [6, 6.07) is 6.28. The van der Waals surface area contributed by atoms with Gasteiger partial charge in [0.25, 0.3) is 0 Å². The zero-order valence-corrected chi connectivity index (χ0v) is 14.5. The van der Waals surface area contributed by atoms with Gasteiger partial charge in [0.15, 0.2) is 0 Å². The van der Waals surface area contributed by atoms with Crippen LogP contribution in [0.25, 0.3) is 0 Å². The number of carbonyl (C=O) groups is 1. The van der Waals surface area contributed by atoms with Gasteiger partial charge in [-0.2, -0.15) is 0 Å². The Morgan fingerprint density at radius 1 is 1.36 bits per heavy atom. The highest BCUT2D eigenvalue weighted by molar-refractivity contribution is 7.99. The highest BCUT2D eigenvalue weighted by atomic mass is 32.2. The van der Waals surface area contributed by atoms with Crippen LogP contribution in [0.1, 0.15) is 18.5 Å². The number of amides is 1. The number of sulfonamides is 1. The fraction of sp³-hybridized carbons (Fsp3) is 0.500. The summed E-state index contributed by atoms with van der Waals surface area (Å²) in [6.07, 6.45) is 0. The Bertz CT molecular complexity index is 623. The van der Waals surface area contributed by atoms with E-state index >= 15 is 0 Å². The average Bonchev–Trinajstić information content (AvgIpc) is 3.01. The van der Waals surface area contributed by atoms with Gasteiger partial charge in [-0.25, -0.2) is 12.7 Å². The fourth-order valence-corrected chi connectivity index (χ4v) is 3.94. The fourth-order valence-electron chi connectivity index (χ4n) is 2.10. The molecule has 0 radical (unpaired) electrons. The van der Waals surface area contributed by atoms with Crippen molar-refractivity contribution >= 4 is 27.7 Å². The molecule has 1 saturated heterocycles. The predicted octanol–water partition coefficient (Wildman–Crippen LogP) is 0.777. The van der Waals surface area contributed by atoms with Crippen molar-refractivity contribution in [3.63, 3.8) is 0 Å². The number of hydrogen-bond acceptors (Lipinski definition) is 5. The van der Waals surface area contributed by atoms with Crippen molar-refractivity contribution in [3.8, 4) is 0 Å². The van der Waals surface area contributed by atoms with E-state index in [1.54, 1.807) is 36.0 Å². The second-order valence-electron chi connectivity index (χ2n) is 5.36. The molecule has 1 aromatic rings. The molecule has 0 aliphatic carbocycles. The Morgan fingerprint density at radius 3 is 2.50 bits per heavy atom. The van der Waals surface area contributed by atoms with E-state index in [0.717, 1.165) is 17.2 Å². The number of carbonyl (C=O) groups excluding carboxylic acids is 1. The van der Waals surface area contributed by atoms with Crippen LogP contribution in [0.15, 0.2) is 29.2 Å². The minimum atomic E-state index is -3.42. The Morgan fingerprint density at radius 2 is 2.00 bits per heavy atom. The first-order valence-corrected chi connectivity index (χ1v) is 9.56. The zero-order chi connectivity index (χ0) is 16.3. The largest absolute Gasteiger partial charge is 0.348 e. The molecule has 6 nitrogen and oxygen atoms in total. The van der Waals surface area contributed by atoms with Crippen molar-refractivity contribution in [2.75, 3.05) is 25.7 Å². The molecule has 1 aliphatic rings. The topological polar surface area (TPSA) is 78.5 Å². The van der Waals surface area contributed by atoms with Gasteiger partial charge < -0.3 is 5.32 Å². The lowest BCUT2D eigenvalue weighted by atomic mass is 10.1. The first-order valence-electron chi connectivity index (χ1n) is 6.96. The van der Waals surface area contributed by atoms with E-state index in [0.29, 0.717) is 0 Å². The SMILES string of the molecule is CC(NC(=O)C1CSCN1)c1ccc(S(=O)(=O)N(C)C)cc1. The molecule has 0 saturated carbocycles. The summed E-state index contributed by atoms with van der Waals surface area (Å²) in [4.78, 5) is 12.3. The molecule has 1 aromatic carbocycles. The molecule has 2 rings (SSSR count). The van der Waals surface area contributed by atoms with Gasteiger partial charge in [0.1, 0.15) is 0 Å². The second-order valence-corrected chi connectivity index (χ2v) is 8.54. The highest BCUT2D eigenvalue weighted by Gasteiger charge is 2.24. The first-order chi connectivity index (χ1) is 10.3. The third-order valence-electron chi connectivity index (χ3n) is 3.55. The van der Waals surface area contributed by atoms with Crippen LogP contribution in [0, 0.1) is 0 Å². The molecule has 0 aromatic heterocycles. The van der Waals surface area contributed by atoms with Crippen molar-refractivity contribution < 1.29 is 13.2 Å². The van der Waals surface area contributed by atoms with E-state index in [2.05, 4.69) is 10.6 Å². The molecule has 2 N–H and O–H groups in total. The smallest absolute Gasteiger partial charge is 0.242 e. The minimum absolute atomic E-state index is 0.0255. The maximum Gasteiger partial charge on any atom is 0.242 e. The van der Waals surface area contributed by atoms with Crippen LogP contribution in [0.3, 0.4) is 0 Å². The molecule has 122 valence electrons. The molecule has 0 spiro atoms. The van der Waals surface area contributed by atoms with Crippen LogP contribution in [0.5, 0.6) is 0 Å². The third kappa shape index (κ3) is 3.81. The molecule has 1 aliphatic heterocycles. The minimum Gasteiger partial charge on any atom is -0.348 e. The monoisotopic (exact) mass is 343 g/mol. The Hall–Kier alpha value is -1.09. The molecular formula is C14H21N3O3S2. The predicted molar refractivity (Wildman–Crippen MR) is 88.1 cm³/mol. The van der Waals surface area contributed by atoms with Gasteiger partial charge in [0.2, 0.25) is 15.9 Å². The van der Waals surface area contributed by atoms with Crippen LogP contribution in [0.2, 0.25) is 0 Å². The lowest BCUT2D eigenvalue weighted by Gasteiger charge is -2.18. The summed E-state index contributed by atoms with van der Waals surface area (Å²) in [6.45, 7) is 1.88. The van der Waals surface area contributed by atoms with Crippen LogP contribution in [-0.4, -0.2) is 50.4 Å². The molecule has 1 fully saturated rings. The lowest BCUT2D eigenvalue weighted by Crippen LogP contribution is -2.42. The lowest BCUT2D eigenvalue weighted by molar-refractivity contribution is -0.123. The standard InChI is InChI=1S/C14H21N3O3S2/c1-10(16-14(18)13-8-21-9-15-13)11-4-6-12(7-5-11)22(19,20)17(2)3/h4-7,10,13,15H,8-9H2,1-3H3,(H,16,18). The first kappa shape index (κ1) is 17.3. The molecule has 2 unspecified atom stereocenters. The molecule has 1 heterocycles. The van der Waals surface area contributed by atoms with E-state index in [-0.39, 0.29) is 22.9 Å². The van der Waals surface area contributed by atoms with Gasteiger partial charge in [-0.1, -0.05) is 12.1 Å². The number of nitrogens with one attached hydrogen (secondary N) is 2. The zero-order valence-electron chi connectivity index (χ0n) is 12.9. The third-order valence-corrected chi connectivity index (χ3v) is 6.32. The van der Waals surface area contributed by atoms with Crippen LogP contribution >= 0.6 is 11.8 Å². The maximum atomic E-state index is 12.1. The second kappa shape index (κ2) is 6.99. The van der Waals surface area contributed by atoms with E-state index in [1.807, 2.05) is 6.92 Å². The van der Waals surface area contributed by atoms with Crippen LogP contribution in [0.4, 0.5) is 0 Å².